The van der Waals surface area contributed by atoms with E-state index in [1.807, 2.05) is 23.9 Å². The van der Waals surface area contributed by atoms with Crippen molar-refractivity contribution in [3.05, 3.63) is 23.8 Å². The first-order valence-corrected chi connectivity index (χ1v) is 7.38. The number of benzene rings is 1. The average molecular weight is 254 g/mol. The van der Waals surface area contributed by atoms with Gasteiger partial charge in [-0.05, 0) is 36.0 Å². The van der Waals surface area contributed by atoms with Crippen molar-refractivity contribution in [2.75, 3.05) is 25.7 Å². The van der Waals surface area contributed by atoms with Crippen LogP contribution in [0.5, 0.6) is 11.5 Å². The molecule has 96 valence electrons. The molecule has 0 aromatic heterocycles. The Morgan fingerprint density at radius 3 is 2.65 bits per heavy atom. The van der Waals surface area contributed by atoms with Crippen LogP contribution >= 0.6 is 11.8 Å². The Labute approximate surface area is 109 Å². The van der Waals surface area contributed by atoms with E-state index >= 15 is 0 Å². The Balaban J connectivity index is 2.63. The van der Waals surface area contributed by atoms with Gasteiger partial charge in [-0.1, -0.05) is 19.9 Å². The molecular weight excluding hydrogens is 232 g/mol. The molecule has 2 nitrogen and oxygen atoms in total. The van der Waals surface area contributed by atoms with Crippen LogP contribution < -0.4 is 9.47 Å². The van der Waals surface area contributed by atoms with E-state index in [9.17, 15) is 0 Å². The smallest absolute Gasteiger partial charge is 0.126 e. The summed E-state index contributed by atoms with van der Waals surface area (Å²) in [6.45, 7) is 5.10. The zero-order valence-electron chi connectivity index (χ0n) is 11.2. The first-order valence-electron chi connectivity index (χ1n) is 5.98. The lowest BCUT2D eigenvalue weighted by molar-refractivity contribution is 0.315. The molecule has 3 heteroatoms. The molecule has 1 rings (SSSR count). The number of rotatable bonds is 7. The molecule has 0 spiro atoms. The standard InChI is InChI=1S/C14H22O2S/c1-11(2)13-7-6-12(10-14(13)15-3)16-8-5-9-17-4/h6-7,10-11H,5,8-9H2,1-4H3. The van der Waals surface area contributed by atoms with Crippen LogP contribution in [0.15, 0.2) is 18.2 Å². The largest absolute Gasteiger partial charge is 0.496 e. The van der Waals surface area contributed by atoms with Crippen molar-refractivity contribution in [1.82, 2.24) is 0 Å². The van der Waals surface area contributed by atoms with E-state index in [2.05, 4.69) is 26.2 Å². The van der Waals surface area contributed by atoms with Gasteiger partial charge in [-0.15, -0.1) is 0 Å². The van der Waals surface area contributed by atoms with E-state index in [0.29, 0.717) is 5.92 Å². The van der Waals surface area contributed by atoms with Crippen molar-refractivity contribution in [2.45, 2.75) is 26.2 Å². The van der Waals surface area contributed by atoms with Gasteiger partial charge in [-0.2, -0.15) is 11.8 Å². The maximum atomic E-state index is 5.69. The zero-order valence-corrected chi connectivity index (χ0v) is 12.0. The van der Waals surface area contributed by atoms with Gasteiger partial charge in [-0.3, -0.25) is 0 Å². The van der Waals surface area contributed by atoms with Crippen LogP contribution in [-0.2, 0) is 0 Å². The minimum absolute atomic E-state index is 0.468. The van der Waals surface area contributed by atoms with Crippen molar-refractivity contribution < 1.29 is 9.47 Å². The van der Waals surface area contributed by atoms with E-state index in [0.717, 1.165) is 30.3 Å². The lowest BCUT2D eigenvalue weighted by atomic mass is 10.0. The van der Waals surface area contributed by atoms with E-state index in [1.165, 1.54) is 5.56 Å². The summed E-state index contributed by atoms with van der Waals surface area (Å²) in [6, 6.07) is 6.10. The molecule has 0 fully saturated rings. The second-order valence-electron chi connectivity index (χ2n) is 4.25. The summed E-state index contributed by atoms with van der Waals surface area (Å²) in [5, 5.41) is 0. The maximum Gasteiger partial charge on any atom is 0.126 e. The molecule has 1 aromatic carbocycles. The fourth-order valence-electron chi connectivity index (χ4n) is 1.65. The Bertz CT molecular complexity index is 337. The quantitative estimate of drug-likeness (QED) is 0.686. The molecule has 0 atom stereocenters. The van der Waals surface area contributed by atoms with Crippen LogP contribution in [0.3, 0.4) is 0 Å². The number of methoxy groups -OCH3 is 1. The molecule has 17 heavy (non-hydrogen) atoms. The van der Waals surface area contributed by atoms with Gasteiger partial charge >= 0.3 is 0 Å². The zero-order chi connectivity index (χ0) is 12.7. The van der Waals surface area contributed by atoms with E-state index < -0.39 is 0 Å². The van der Waals surface area contributed by atoms with Gasteiger partial charge in [0, 0.05) is 6.07 Å². The minimum Gasteiger partial charge on any atom is -0.496 e. The van der Waals surface area contributed by atoms with Crippen LogP contribution in [0.4, 0.5) is 0 Å². The molecule has 0 aliphatic heterocycles. The molecule has 0 radical (unpaired) electrons. The first kappa shape index (κ1) is 14.2. The number of thioether (sulfide) groups is 1. The third-order valence-corrected chi connectivity index (χ3v) is 3.29. The van der Waals surface area contributed by atoms with Crippen LogP contribution in [0, 0.1) is 0 Å². The topological polar surface area (TPSA) is 18.5 Å². The Hall–Kier alpha value is -0.830. The van der Waals surface area contributed by atoms with Gasteiger partial charge in [0.1, 0.15) is 11.5 Å². The molecule has 0 amide bonds. The van der Waals surface area contributed by atoms with Gasteiger partial charge < -0.3 is 9.47 Å². The highest BCUT2D eigenvalue weighted by Gasteiger charge is 2.08. The average Bonchev–Trinajstić information content (AvgIpc) is 2.34. The van der Waals surface area contributed by atoms with Gasteiger partial charge in [0.2, 0.25) is 0 Å². The SMILES string of the molecule is COc1cc(OCCCSC)ccc1C(C)C. The minimum atomic E-state index is 0.468. The highest BCUT2D eigenvalue weighted by atomic mass is 32.2. The summed E-state index contributed by atoms with van der Waals surface area (Å²) in [4.78, 5) is 0. The molecular formula is C14H22O2S. The Kier molecular flexibility index (Phi) is 6.27. The molecule has 0 bridgehead atoms. The summed E-state index contributed by atoms with van der Waals surface area (Å²) < 4.78 is 11.1. The van der Waals surface area contributed by atoms with Crippen molar-refractivity contribution >= 4 is 11.8 Å². The van der Waals surface area contributed by atoms with Crippen molar-refractivity contribution in [3.8, 4) is 11.5 Å². The third-order valence-electron chi connectivity index (χ3n) is 2.59. The van der Waals surface area contributed by atoms with Crippen molar-refractivity contribution in [1.29, 1.82) is 0 Å². The van der Waals surface area contributed by atoms with Crippen LogP contribution in [0.1, 0.15) is 31.7 Å². The molecule has 0 N–H and O–H groups in total. The highest BCUT2D eigenvalue weighted by Crippen LogP contribution is 2.30. The van der Waals surface area contributed by atoms with Crippen molar-refractivity contribution in [2.24, 2.45) is 0 Å². The number of ether oxygens (including phenoxy) is 2. The molecule has 0 heterocycles. The summed E-state index contributed by atoms with van der Waals surface area (Å²) in [5.74, 6) is 3.42. The Morgan fingerprint density at radius 2 is 2.06 bits per heavy atom. The number of hydrogen-bond donors (Lipinski definition) is 0. The lowest BCUT2D eigenvalue weighted by Crippen LogP contribution is -2.00. The fraction of sp³-hybridized carbons (Fsp3) is 0.571. The monoisotopic (exact) mass is 254 g/mol. The van der Waals surface area contributed by atoms with Gasteiger partial charge in [0.25, 0.3) is 0 Å². The molecule has 0 saturated heterocycles. The van der Waals surface area contributed by atoms with E-state index in [1.54, 1.807) is 7.11 Å². The Morgan fingerprint density at radius 1 is 1.29 bits per heavy atom. The second kappa shape index (κ2) is 7.49. The molecule has 0 unspecified atom stereocenters. The highest BCUT2D eigenvalue weighted by molar-refractivity contribution is 7.98. The van der Waals surface area contributed by atoms with Gasteiger partial charge in [0.05, 0.1) is 13.7 Å². The predicted molar refractivity (Wildman–Crippen MR) is 75.6 cm³/mol. The van der Waals surface area contributed by atoms with Crippen LogP contribution in [0.25, 0.3) is 0 Å². The summed E-state index contributed by atoms with van der Waals surface area (Å²) in [6.07, 6.45) is 3.19. The second-order valence-corrected chi connectivity index (χ2v) is 5.24. The van der Waals surface area contributed by atoms with Gasteiger partial charge in [-0.25, -0.2) is 0 Å². The predicted octanol–water partition coefficient (Wildman–Crippen LogP) is 3.95. The summed E-state index contributed by atoms with van der Waals surface area (Å²) >= 11 is 1.85. The summed E-state index contributed by atoms with van der Waals surface area (Å²) in [5.41, 5.74) is 1.23. The van der Waals surface area contributed by atoms with Crippen LogP contribution in [-0.4, -0.2) is 25.7 Å². The normalized spacial score (nSPS) is 10.6. The maximum absolute atomic E-state index is 5.69. The van der Waals surface area contributed by atoms with Crippen LogP contribution in [0.2, 0.25) is 0 Å². The lowest BCUT2D eigenvalue weighted by Gasteiger charge is -2.13. The van der Waals surface area contributed by atoms with E-state index in [4.69, 9.17) is 9.47 Å². The van der Waals surface area contributed by atoms with E-state index in [-0.39, 0.29) is 0 Å². The number of hydrogen-bond acceptors (Lipinski definition) is 3. The summed E-state index contributed by atoms with van der Waals surface area (Å²) in [7, 11) is 1.71. The van der Waals surface area contributed by atoms with Gasteiger partial charge in [0.15, 0.2) is 0 Å². The molecule has 1 aromatic rings. The molecule has 0 aliphatic carbocycles. The third kappa shape index (κ3) is 4.50. The molecule has 0 aliphatic rings. The van der Waals surface area contributed by atoms with Crippen molar-refractivity contribution in [3.63, 3.8) is 0 Å². The fourth-order valence-corrected chi connectivity index (χ4v) is 2.06. The first-order chi connectivity index (χ1) is 8.19. The molecule has 0 saturated carbocycles.